The Morgan fingerprint density at radius 2 is 1.95 bits per heavy atom. The second-order valence-electron chi connectivity index (χ2n) is 4.46. The van der Waals surface area contributed by atoms with Crippen LogP contribution in [0.2, 0.25) is 0 Å². The standard InChI is InChI=1S/C13H14F2N2O2/c14-13(15,9-4-2-1-3-5-9)8-16-10-6-7-11(18)17-12(10)19/h1-5,10,16H,6-8H2,(H,17,18,19). The summed E-state index contributed by atoms with van der Waals surface area (Å²) >= 11 is 0. The van der Waals surface area contributed by atoms with Crippen LogP contribution in [0.1, 0.15) is 18.4 Å². The minimum atomic E-state index is -3.05. The van der Waals surface area contributed by atoms with Gasteiger partial charge in [-0.25, -0.2) is 0 Å². The molecule has 0 radical (unpaired) electrons. The van der Waals surface area contributed by atoms with Crippen molar-refractivity contribution in [3.63, 3.8) is 0 Å². The number of carbonyl (C=O) groups excluding carboxylic acids is 2. The molecule has 6 heteroatoms. The molecule has 2 rings (SSSR count). The van der Waals surface area contributed by atoms with Gasteiger partial charge in [0.2, 0.25) is 11.8 Å². The van der Waals surface area contributed by atoms with Crippen molar-refractivity contribution in [1.82, 2.24) is 10.6 Å². The van der Waals surface area contributed by atoms with Crippen LogP contribution in [0.5, 0.6) is 0 Å². The molecule has 1 saturated heterocycles. The zero-order chi connectivity index (χ0) is 13.9. The molecular weight excluding hydrogens is 254 g/mol. The number of alkyl halides is 2. The average molecular weight is 268 g/mol. The highest BCUT2D eigenvalue weighted by Gasteiger charge is 2.34. The number of imide groups is 1. The minimum absolute atomic E-state index is 0.102. The minimum Gasteiger partial charge on any atom is -0.300 e. The predicted molar refractivity (Wildman–Crippen MR) is 64.5 cm³/mol. The van der Waals surface area contributed by atoms with E-state index >= 15 is 0 Å². The molecule has 102 valence electrons. The molecule has 2 amide bonds. The Hall–Kier alpha value is -1.82. The first-order valence-corrected chi connectivity index (χ1v) is 5.99. The zero-order valence-electron chi connectivity index (χ0n) is 10.2. The number of carbonyl (C=O) groups is 2. The number of piperidine rings is 1. The van der Waals surface area contributed by atoms with Gasteiger partial charge in [0.1, 0.15) is 0 Å². The Morgan fingerprint density at radius 3 is 2.58 bits per heavy atom. The Balaban J connectivity index is 1.95. The monoisotopic (exact) mass is 268 g/mol. The van der Waals surface area contributed by atoms with Gasteiger partial charge in [-0.2, -0.15) is 8.78 Å². The van der Waals surface area contributed by atoms with Crippen molar-refractivity contribution in [2.24, 2.45) is 0 Å². The van der Waals surface area contributed by atoms with Crippen molar-refractivity contribution < 1.29 is 18.4 Å². The van der Waals surface area contributed by atoms with Gasteiger partial charge in [-0.15, -0.1) is 0 Å². The number of hydrogen-bond donors (Lipinski definition) is 2. The summed E-state index contributed by atoms with van der Waals surface area (Å²) in [6.07, 6.45) is 0.413. The van der Waals surface area contributed by atoms with Crippen molar-refractivity contribution in [3.8, 4) is 0 Å². The van der Waals surface area contributed by atoms with Crippen LogP contribution in [-0.4, -0.2) is 24.4 Å². The van der Waals surface area contributed by atoms with Crippen LogP contribution in [0, 0.1) is 0 Å². The van der Waals surface area contributed by atoms with Crippen molar-refractivity contribution in [1.29, 1.82) is 0 Å². The summed E-state index contributed by atoms with van der Waals surface area (Å²) in [4.78, 5) is 22.4. The third kappa shape index (κ3) is 3.35. The van der Waals surface area contributed by atoms with Gasteiger partial charge in [0.05, 0.1) is 12.6 Å². The number of halogens is 2. The highest BCUT2D eigenvalue weighted by Crippen LogP contribution is 2.27. The Labute approximate surface area is 109 Å². The Bertz CT molecular complexity index is 477. The number of rotatable bonds is 4. The van der Waals surface area contributed by atoms with Crippen LogP contribution < -0.4 is 10.6 Å². The molecule has 1 aromatic carbocycles. The summed E-state index contributed by atoms with van der Waals surface area (Å²) in [7, 11) is 0. The summed E-state index contributed by atoms with van der Waals surface area (Å²) in [6, 6.07) is 6.67. The molecule has 1 atom stereocenters. The highest BCUT2D eigenvalue weighted by atomic mass is 19.3. The van der Waals surface area contributed by atoms with Gasteiger partial charge >= 0.3 is 0 Å². The van der Waals surface area contributed by atoms with E-state index in [1.54, 1.807) is 6.07 Å². The largest absolute Gasteiger partial charge is 0.300 e. The molecule has 0 aromatic heterocycles. The second-order valence-corrected chi connectivity index (χ2v) is 4.46. The summed E-state index contributed by atoms with van der Waals surface area (Å²) in [5, 5.41) is 4.64. The third-order valence-electron chi connectivity index (χ3n) is 3.01. The lowest BCUT2D eigenvalue weighted by molar-refractivity contribution is -0.135. The van der Waals surface area contributed by atoms with E-state index in [2.05, 4.69) is 10.6 Å². The number of amides is 2. The first-order valence-electron chi connectivity index (χ1n) is 5.99. The van der Waals surface area contributed by atoms with Crippen LogP contribution >= 0.6 is 0 Å². The van der Waals surface area contributed by atoms with Crippen molar-refractivity contribution >= 4 is 11.8 Å². The van der Waals surface area contributed by atoms with Crippen molar-refractivity contribution in [2.45, 2.75) is 24.8 Å². The zero-order valence-corrected chi connectivity index (χ0v) is 10.2. The van der Waals surface area contributed by atoms with Gasteiger partial charge in [0, 0.05) is 12.0 Å². The van der Waals surface area contributed by atoms with E-state index in [0.29, 0.717) is 0 Å². The molecule has 1 unspecified atom stereocenters. The molecule has 0 bridgehead atoms. The molecule has 2 N–H and O–H groups in total. The molecule has 1 aliphatic rings. The number of nitrogens with one attached hydrogen (secondary N) is 2. The molecule has 1 aliphatic heterocycles. The average Bonchev–Trinajstić information content (AvgIpc) is 2.39. The fourth-order valence-corrected chi connectivity index (χ4v) is 1.92. The fourth-order valence-electron chi connectivity index (χ4n) is 1.92. The Morgan fingerprint density at radius 1 is 1.26 bits per heavy atom. The van der Waals surface area contributed by atoms with Crippen LogP contribution in [0.25, 0.3) is 0 Å². The van der Waals surface area contributed by atoms with Crippen LogP contribution in [0.15, 0.2) is 30.3 Å². The van der Waals surface area contributed by atoms with Crippen LogP contribution in [0.3, 0.4) is 0 Å². The molecular formula is C13H14F2N2O2. The van der Waals surface area contributed by atoms with E-state index in [0.717, 1.165) is 0 Å². The van der Waals surface area contributed by atoms with Crippen LogP contribution in [0.4, 0.5) is 8.78 Å². The molecule has 0 saturated carbocycles. The van der Waals surface area contributed by atoms with Gasteiger partial charge in [0.25, 0.3) is 5.92 Å². The number of benzene rings is 1. The lowest BCUT2D eigenvalue weighted by Crippen LogP contribution is -2.52. The van der Waals surface area contributed by atoms with Gasteiger partial charge in [-0.05, 0) is 6.42 Å². The fraction of sp³-hybridized carbons (Fsp3) is 0.385. The lowest BCUT2D eigenvalue weighted by atomic mass is 10.0. The molecule has 4 nitrogen and oxygen atoms in total. The van der Waals surface area contributed by atoms with Crippen molar-refractivity contribution in [2.75, 3.05) is 6.54 Å². The van der Waals surface area contributed by atoms with Crippen LogP contribution in [-0.2, 0) is 15.5 Å². The maximum absolute atomic E-state index is 13.9. The normalized spacial score (nSPS) is 20.2. The first-order chi connectivity index (χ1) is 8.99. The molecule has 1 heterocycles. The molecule has 0 spiro atoms. The predicted octanol–water partition coefficient (Wildman–Crippen LogP) is 1.17. The molecule has 0 aliphatic carbocycles. The quantitative estimate of drug-likeness (QED) is 0.806. The summed E-state index contributed by atoms with van der Waals surface area (Å²) in [5.74, 6) is -3.96. The summed E-state index contributed by atoms with van der Waals surface area (Å²) in [5.41, 5.74) is -0.102. The van der Waals surface area contributed by atoms with E-state index in [4.69, 9.17) is 0 Å². The van der Waals surface area contributed by atoms with E-state index in [1.165, 1.54) is 24.3 Å². The second kappa shape index (κ2) is 5.44. The Kier molecular flexibility index (Phi) is 3.90. The highest BCUT2D eigenvalue weighted by molar-refractivity contribution is 6.00. The van der Waals surface area contributed by atoms with E-state index in [1.807, 2.05) is 0 Å². The number of hydrogen-bond acceptors (Lipinski definition) is 3. The maximum atomic E-state index is 13.9. The van der Waals surface area contributed by atoms with E-state index < -0.39 is 24.4 Å². The smallest absolute Gasteiger partial charge is 0.285 e. The van der Waals surface area contributed by atoms with Gasteiger partial charge in [-0.3, -0.25) is 20.2 Å². The molecule has 1 aromatic rings. The first kappa shape index (κ1) is 13.6. The SMILES string of the molecule is O=C1CCC(NCC(F)(F)c2ccccc2)C(=O)N1. The summed E-state index contributed by atoms with van der Waals surface area (Å²) < 4.78 is 27.7. The van der Waals surface area contributed by atoms with Gasteiger partial charge in [-0.1, -0.05) is 30.3 Å². The van der Waals surface area contributed by atoms with Gasteiger partial charge < -0.3 is 0 Å². The molecule has 19 heavy (non-hydrogen) atoms. The third-order valence-corrected chi connectivity index (χ3v) is 3.01. The lowest BCUT2D eigenvalue weighted by Gasteiger charge is -2.25. The van der Waals surface area contributed by atoms with E-state index in [9.17, 15) is 18.4 Å². The topological polar surface area (TPSA) is 58.2 Å². The summed E-state index contributed by atoms with van der Waals surface area (Å²) in [6.45, 7) is -0.636. The molecule has 1 fully saturated rings. The van der Waals surface area contributed by atoms with E-state index in [-0.39, 0.29) is 24.3 Å². The van der Waals surface area contributed by atoms with Gasteiger partial charge in [0.15, 0.2) is 0 Å². The maximum Gasteiger partial charge on any atom is 0.285 e. The van der Waals surface area contributed by atoms with Crippen molar-refractivity contribution in [3.05, 3.63) is 35.9 Å².